The third-order valence-corrected chi connectivity index (χ3v) is 8.47. The third kappa shape index (κ3) is 4.06. The highest BCUT2D eigenvalue weighted by Crippen LogP contribution is 2.32. The highest BCUT2D eigenvalue weighted by atomic mass is 32.2. The molecule has 2 aliphatic rings. The second kappa shape index (κ2) is 8.42. The Bertz CT molecular complexity index is 872. The molecule has 0 radical (unpaired) electrons. The second-order valence-corrected chi connectivity index (χ2v) is 10.2. The van der Waals surface area contributed by atoms with Gasteiger partial charge in [0.15, 0.2) is 0 Å². The molecule has 1 aromatic rings. The normalized spacial score (nSPS) is 21.9. The van der Waals surface area contributed by atoms with Crippen molar-refractivity contribution in [2.24, 2.45) is 0 Å². The maximum absolute atomic E-state index is 13.3. The van der Waals surface area contributed by atoms with E-state index in [4.69, 9.17) is 0 Å². The van der Waals surface area contributed by atoms with Gasteiger partial charge in [-0.2, -0.15) is 4.31 Å². The van der Waals surface area contributed by atoms with Gasteiger partial charge in [-0.25, -0.2) is 8.42 Å². The molecular formula is C19H27N3O4S2. The summed E-state index contributed by atoms with van der Waals surface area (Å²) in [6.45, 7) is 6.26. The van der Waals surface area contributed by atoms with Crippen LogP contribution in [0, 0.1) is 6.92 Å². The van der Waals surface area contributed by atoms with E-state index in [1.165, 1.54) is 16.1 Å². The van der Waals surface area contributed by atoms with Crippen molar-refractivity contribution in [2.75, 3.05) is 23.1 Å². The van der Waals surface area contributed by atoms with Crippen molar-refractivity contribution in [3.8, 4) is 0 Å². The topological polar surface area (TPSA) is 86.8 Å². The lowest BCUT2D eigenvalue weighted by atomic mass is 10.2. The van der Waals surface area contributed by atoms with E-state index in [-0.39, 0.29) is 28.6 Å². The molecule has 2 unspecified atom stereocenters. The first-order valence-corrected chi connectivity index (χ1v) is 12.2. The summed E-state index contributed by atoms with van der Waals surface area (Å²) in [5, 5.41) is 2.89. The van der Waals surface area contributed by atoms with Gasteiger partial charge in [-0.05, 0) is 50.5 Å². The van der Waals surface area contributed by atoms with Gasteiger partial charge in [-0.15, -0.1) is 11.8 Å². The number of anilines is 1. The van der Waals surface area contributed by atoms with E-state index < -0.39 is 16.1 Å². The summed E-state index contributed by atoms with van der Waals surface area (Å²) in [5.41, 5.74) is 1.30. The van der Waals surface area contributed by atoms with Gasteiger partial charge in [-0.1, -0.05) is 6.92 Å². The van der Waals surface area contributed by atoms with Crippen molar-refractivity contribution in [3.63, 3.8) is 0 Å². The van der Waals surface area contributed by atoms with Gasteiger partial charge in [0.1, 0.15) is 6.04 Å². The number of hydrogen-bond acceptors (Lipinski definition) is 5. The molecule has 2 saturated heterocycles. The summed E-state index contributed by atoms with van der Waals surface area (Å²) in [4.78, 5) is 26.4. The van der Waals surface area contributed by atoms with Crippen molar-refractivity contribution in [1.82, 2.24) is 9.62 Å². The van der Waals surface area contributed by atoms with Gasteiger partial charge in [0.2, 0.25) is 21.8 Å². The summed E-state index contributed by atoms with van der Waals surface area (Å²) in [7, 11) is -3.81. The molecule has 2 aliphatic heterocycles. The van der Waals surface area contributed by atoms with E-state index in [9.17, 15) is 18.0 Å². The second-order valence-electron chi connectivity index (χ2n) is 7.32. The van der Waals surface area contributed by atoms with Crippen LogP contribution >= 0.6 is 11.8 Å². The number of nitrogens with zero attached hydrogens (tertiary/aromatic N) is 2. The number of nitrogens with one attached hydrogen (secondary N) is 1. The van der Waals surface area contributed by atoms with Crippen molar-refractivity contribution < 1.29 is 18.0 Å². The Morgan fingerprint density at radius 3 is 2.75 bits per heavy atom. The van der Waals surface area contributed by atoms with Gasteiger partial charge in [0, 0.05) is 30.4 Å². The van der Waals surface area contributed by atoms with Gasteiger partial charge in [0.25, 0.3) is 0 Å². The van der Waals surface area contributed by atoms with Gasteiger partial charge < -0.3 is 10.2 Å². The standard InChI is InChI=1S/C19H27N3O4S2/c1-4-14(3)20-19(24)16-11-27-12-22(16)28(25,26)17-8-7-15(10-13(17)2)21-9-5-6-18(21)23/h7-8,10,14,16H,4-6,9,11-12H2,1-3H3,(H,20,24). The molecule has 3 rings (SSSR count). The minimum Gasteiger partial charge on any atom is -0.352 e. The van der Waals surface area contributed by atoms with Crippen molar-refractivity contribution >= 4 is 39.3 Å². The zero-order valence-electron chi connectivity index (χ0n) is 16.5. The zero-order chi connectivity index (χ0) is 20.5. The highest BCUT2D eigenvalue weighted by molar-refractivity contribution is 8.00. The van der Waals surface area contributed by atoms with E-state index in [0.717, 1.165) is 18.5 Å². The Balaban J connectivity index is 1.85. The number of amides is 2. The Hall–Kier alpha value is -1.58. The fourth-order valence-electron chi connectivity index (χ4n) is 3.45. The molecule has 2 heterocycles. The number of thioether (sulfide) groups is 1. The molecule has 2 amide bonds. The van der Waals surface area contributed by atoms with E-state index >= 15 is 0 Å². The summed E-state index contributed by atoms with van der Waals surface area (Å²) < 4.78 is 27.8. The molecule has 9 heteroatoms. The molecule has 0 saturated carbocycles. The van der Waals surface area contributed by atoms with Crippen LogP contribution in [-0.2, 0) is 19.6 Å². The first kappa shape index (κ1) is 21.1. The first-order chi connectivity index (χ1) is 13.3. The minimum absolute atomic E-state index is 0.00155. The van der Waals surface area contributed by atoms with Crippen molar-refractivity contribution in [1.29, 1.82) is 0 Å². The number of carbonyl (C=O) groups is 2. The Morgan fingerprint density at radius 1 is 1.39 bits per heavy atom. The average molecular weight is 426 g/mol. The number of aryl methyl sites for hydroxylation is 1. The Morgan fingerprint density at radius 2 is 2.14 bits per heavy atom. The van der Waals surface area contributed by atoms with Gasteiger partial charge in [0.05, 0.1) is 10.8 Å². The number of carbonyl (C=O) groups excluding carboxylic acids is 2. The van der Waals surface area contributed by atoms with Gasteiger partial charge >= 0.3 is 0 Å². The number of hydrogen-bond donors (Lipinski definition) is 1. The maximum atomic E-state index is 13.3. The molecule has 0 spiro atoms. The zero-order valence-corrected chi connectivity index (χ0v) is 18.1. The summed E-state index contributed by atoms with van der Waals surface area (Å²) >= 11 is 1.44. The van der Waals surface area contributed by atoms with Crippen molar-refractivity contribution in [3.05, 3.63) is 23.8 Å². The van der Waals surface area contributed by atoms with Crippen LogP contribution in [0.4, 0.5) is 5.69 Å². The summed E-state index contributed by atoms with van der Waals surface area (Å²) in [6.07, 6.45) is 2.13. The molecular weight excluding hydrogens is 398 g/mol. The van der Waals surface area contributed by atoms with Crippen molar-refractivity contribution in [2.45, 2.75) is 57.0 Å². The van der Waals surface area contributed by atoms with E-state index in [1.807, 2.05) is 13.8 Å². The first-order valence-electron chi connectivity index (χ1n) is 9.56. The van der Waals surface area contributed by atoms with E-state index in [2.05, 4.69) is 5.32 Å². The summed E-state index contributed by atoms with van der Waals surface area (Å²) in [5.74, 6) is 0.515. The third-order valence-electron chi connectivity index (χ3n) is 5.28. The molecule has 154 valence electrons. The van der Waals surface area contributed by atoms with Gasteiger partial charge in [-0.3, -0.25) is 9.59 Å². The highest BCUT2D eigenvalue weighted by Gasteiger charge is 2.40. The molecule has 0 bridgehead atoms. The quantitative estimate of drug-likeness (QED) is 0.754. The largest absolute Gasteiger partial charge is 0.352 e. The molecule has 1 N–H and O–H groups in total. The molecule has 28 heavy (non-hydrogen) atoms. The Labute approximate surface area is 170 Å². The molecule has 1 aromatic carbocycles. The van der Waals surface area contributed by atoms with E-state index in [1.54, 1.807) is 30.0 Å². The van der Waals surface area contributed by atoms with Crippen LogP contribution in [0.1, 0.15) is 38.7 Å². The number of sulfonamides is 1. The Kier molecular flexibility index (Phi) is 6.36. The predicted molar refractivity (Wildman–Crippen MR) is 111 cm³/mol. The van der Waals surface area contributed by atoms with Crippen LogP contribution < -0.4 is 10.2 Å². The van der Waals surface area contributed by atoms with Crippen LogP contribution in [-0.4, -0.2) is 54.8 Å². The molecule has 7 nitrogen and oxygen atoms in total. The van der Waals surface area contributed by atoms with Crippen LogP contribution in [0.3, 0.4) is 0 Å². The average Bonchev–Trinajstić information content (AvgIpc) is 3.30. The minimum atomic E-state index is -3.81. The monoisotopic (exact) mass is 425 g/mol. The number of benzene rings is 1. The molecule has 2 atom stereocenters. The van der Waals surface area contributed by atoms with E-state index in [0.29, 0.717) is 24.3 Å². The smallest absolute Gasteiger partial charge is 0.244 e. The van der Waals surface area contributed by atoms with Crippen LogP contribution in [0.25, 0.3) is 0 Å². The SMILES string of the molecule is CCC(C)NC(=O)C1CSCN1S(=O)(=O)c1ccc(N2CCCC2=O)cc1C. The van der Waals surface area contributed by atoms with Crippen LogP contribution in [0.15, 0.2) is 23.1 Å². The molecule has 0 aliphatic carbocycles. The lowest BCUT2D eigenvalue weighted by Crippen LogP contribution is -2.49. The number of rotatable bonds is 6. The van der Waals surface area contributed by atoms with Crippen LogP contribution in [0.5, 0.6) is 0 Å². The fraction of sp³-hybridized carbons (Fsp3) is 0.579. The lowest BCUT2D eigenvalue weighted by molar-refractivity contribution is -0.124. The molecule has 2 fully saturated rings. The fourth-order valence-corrected chi connectivity index (χ4v) is 6.81. The predicted octanol–water partition coefficient (Wildman–Crippen LogP) is 2.10. The van der Waals surface area contributed by atoms with Crippen LogP contribution in [0.2, 0.25) is 0 Å². The lowest BCUT2D eigenvalue weighted by Gasteiger charge is -2.25. The molecule has 0 aromatic heterocycles. The maximum Gasteiger partial charge on any atom is 0.244 e. The summed E-state index contributed by atoms with van der Waals surface area (Å²) in [6, 6.07) is 4.27.